The van der Waals surface area contributed by atoms with E-state index in [0.717, 1.165) is 47.3 Å². The van der Waals surface area contributed by atoms with E-state index in [1.54, 1.807) is 37.3 Å². The summed E-state index contributed by atoms with van der Waals surface area (Å²) in [6.07, 6.45) is 3.38. The van der Waals surface area contributed by atoms with E-state index in [-0.39, 0.29) is 5.69 Å². The number of carboxylic acid groups (broad SMARTS) is 1. The molecule has 0 saturated heterocycles. The molecule has 2 aromatic heterocycles. The molecule has 7 heteroatoms. The van der Waals surface area contributed by atoms with Crippen molar-refractivity contribution < 1.29 is 14.6 Å². The van der Waals surface area contributed by atoms with Gasteiger partial charge in [-0.15, -0.1) is 11.8 Å². The third kappa shape index (κ3) is 3.80. The molecule has 3 heterocycles. The minimum Gasteiger partial charge on any atom is -0.495 e. The number of nitrogens with zero attached hydrogens (tertiary/aromatic N) is 3. The second-order valence-corrected chi connectivity index (χ2v) is 6.34. The Morgan fingerprint density at radius 2 is 2.26 bits per heavy atom. The molecule has 0 radical (unpaired) electrons. The van der Waals surface area contributed by atoms with Crippen molar-refractivity contribution in [1.29, 1.82) is 0 Å². The monoisotopic (exact) mass is 331 g/mol. The molecule has 0 fully saturated rings. The molecule has 1 N–H and O–H groups in total. The van der Waals surface area contributed by atoms with Gasteiger partial charge in [0.15, 0.2) is 0 Å². The van der Waals surface area contributed by atoms with Crippen LogP contribution in [0, 0.1) is 0 Å². The van der Waals surface area contributed by atoms with Crippen LogP contribution in [0.15, 0.2) is 35.6 Å². The van der Waals surface area contributed by atoms with Crippen LogP contribution in [0.1, 0.15) is 21.6 Å². The number of pyridine rings is 2. The summed E-state index contributed by atoms with van der Waals surface area (Å²) in [5, 5.41) is 9.95. The number of hydrogen-bond acceptors (Lipinski definition) is 6. The number of thioether (sulfide) groups is 1. The molecule has 6 nitrogen and oxygen atoms in total. The van der Waals surface area contributed by atoms with Gasteiger partial charge in [-0.2, -0.15) is 0 Å². The maximum Gasteiger partial charge on any atom is 0.354 e. The van der Waals surface area contributed by atoms with Gasteiger partial charge in [-0.25, -0.2) is 14.8 Å². The van der Waals surface area contributed by atoms with Crippen LogP contribution in [0.3, 0.4) is 0 Å². The second kappa shape index (κ2) is 6.97. The van der Waals surface area contributed by atoms with Gasteiger partial charge in [0.05, 0.1) is 13.3 Å². The maximum atomic E-state index is 10.9. The van der Waals surface area contributed by atoms with Crippen molar-refractivity contribution in [3.63, 3.8) is 0 Å². The summed E-state index contributed by atoms with van der Waals surface area (Å²) in [5.41, 5.74) is 2.22. The summed E-state index contributed by atoms with van der Waals surface area (Å²) in [6, 6.07) is 5.39. The highest BCUT2D eigenvalue weighted by Crippen LogP contribution is 2.28. The van der Waals surface area contributed by atoms with Crippen LogP contribution < -0.4 is 4.74 Å². The van der Waals surface area contributed by atoms with E-state index >= 15 is 0 Å². The lowest BCUT2D eigenvalue weighted by Crippen LogP contribution is -2.24. The number of aromatic carboxylic acids is 1. The first-order valence-electron chi connectivity index (χ1n) is 7.22. The minimum atomic E-state index is -1.00. The molecule has 0 unspecified atom stereocenters. The number of aromatic nitrogens is 2. The molecule has 0 bridgehead atoms. The zero-order valence-corrected chi connectivity index (χ0v) is 13.5. The van der Waals surface area contributed by atoms with E-state index < -0.39 is 5.97 Å². The summed E-state index contributed by atoms with van der Waals surface area (Å²) in [7, 11) is 1.64. The van der Waals surface area contributed by atoms with Gasteiger partial charge in [0, 0.05) is 37.1 Å². The molecule has 2 aromatic rings. The first-order valence-corrected chi connectivity index (χ1v) is 8.20. The third-order valence-corrected chi connectivity index (χ3v) is 4.65. The molecular weight excluding hydrogens is 314 g/mol. The van der Waals surface area contributed by atoms with Crippen LogP contribution in [0.5, 0.6) is 5.75 Å². The number of rotatable bonds is 4. The molecule has 0 amide bonds. The number of methoxy groups -OCH3 is 1. The minimum absolute atomic E-state index is 0.0689. The number of ether oxygens (including phenoxy) is 1. The molecule has 0 atom stereocenters. The molecule has 23 heavy (non-hydrogen) atoms. The van der Waals surface area contributed by atoms with Gasteiger partial charge >= 0.3 is 5.97 Å². The molecule has 3 rings (SSSR count). The van der Waals surface area contributed by atoms with E-state index in [1.807, 2.05) is 12.1 Å². The van der Waals surface area contributed by atoms with Gasteiger partial charge in [-0.05, 0) is 17.7 Å². The fraction of sp³-hybridized carbons (Fsp3) is 0.312. The summed E-state index contributed by atoms with van der Waals surface area (Å²) in [6.45, 7) is 2.45. The Kier molecular flexibility index (Phi) is 4.78. The van der Waals surface area contributed by atoms with Crippen LogP contribution >= 0.6 is 11.8 Å². The number of fused-ring (bicyclic) bond motifs is 1. The van der Waals surface area contributed by atoms with Gasteiger partial charge in [0.1, 0.15) is 16.5 Å². The number of carbonyl (C=O) groups is 1. The first-order chi connectivity index (χ1) is 11.2. The van der Waals surface area contributed by atoms with E-state index in [9.17, 15) is 4.79 Å². The van der Waals surface area contributed by atoms with Gasteiger partial charge < -0.3 is 9.84 Å². The van der Waals surface area contributed by atoms with Crippen molar-refractivity contribution >= 4 is 17.7 Å². The van der Waals surface area contributed by atoms with E-state index in [1.165, 1.54) is 0 Å². The average Bonchev–Trinajstić information content (AvgIpc) is 2.76. The summed E-state index contributed by atoms with van der Waals surface area (Å²) >= 11 is 1.75. The lowest BCUT2D eigenvalue weighted by Gasteiger charge is -2.20. The molecule has 120 valence electrons. The van der Waals surface area contributed by atoms with E-state index in [4.69, 9.17) is 9.84 Å². The summed E-state index contributed by atoms with van der Waals surface area (Å²) < 4.78 is 5.25. The van der Waals surface area contributed by atoms with Gasteiger partial charge in [-0.3, -0.25) is 4.90 Å². The predicted octanol–water partition coefficient (Wildman–Crippen LogP) is 2.29. The van der Waals surface area contributed by atoms with Crippen molar-refractivity contribution in [2.24, 2.45) is 0 Å². The number of hydrogen-bond donors (Lipinski definition) is 1. The molecular formula is C16H17N3O3S. The highest BCUT2D eigenvalue weighted by Gasteiger charge is 2.17. The predicted molar refractivity (Wildman–Crippen MR) is 86.8 cm³/mol. The summed E-state index contributed by atoms with van der Waals surface area (Å²) in [4.78, 5) is 21.6. The molecule has 1 aliphatic heterocycles. The Morgan fingerprint density at radius 1 is 1.39 bits per heavy atom. The molecule has 0 aliphatic carbocycles. The fourth-order valence-electron chi connectivity index (χ4n) is 2.46. The van der Waals surface area contributed by atoms with E-state index in [2.05, 4.69) is 14.9 Å². The second-order valence-electron chi connectivity index (χ2n) is 5.26. The first kappa shape index (κ1) is 15.8. The third-order valence-electron chi connectivity index (χ3n) is 3.63. The average molecular weight is 331 g/mol. The molecule has 0 spiro atoms. The maximum absolute atomic E-state index is 10.9. The smallest absolute Gasteiger partial charge is 0.354 e. The lowest BCUT2D eigenvalue weighted by atomic mass is 10.2. The van der Waals surface area contributed by atoms with Crippen molar-refractivity contribution in [2.75, 3.05) is 19.4 Å². The van der Waals surface area contributed by atoms with Gasteiger partial charge in [0.2, 0.25) is 0 Å². The topological polar surface area (TPSA) is 75.5 Å². The van der Waals surface area contributed by atoms with Crippen LogP contribution in [0.2, 0.25) is 0 Å². The summed E-state index contributed by atoms with van der Waals surface area (Å²) in [5.74, 6) is 0.723. The largest absolute Gasteiger partial charge is 0.495 e. The normalized spacial score (nSPS) is 14.8. The van der Waals surface area contributed by atoms with Crippen molar-refractivity contribution in [3.05, 3.63) is 47.4 Å². The quantitative estimate of drug-likeness (QED) is 0.921. The zero-order valence-electron chi connectivity index (χ0n) is 12.7. The molecule has 0 saturated carbocycles. The van der Waals surface area contributed by atoms with Gasteiger partial charge in [-0.1, -0.05) is 6.07 Å². The lowest BCUT2D eigenvalue weighted by molar-refractivity contribution is 0.0690. The molecule has 0 aromatic carbocycles. The van der Waals surface area contributed by atoms with Gasteiger partial charge in [0.25, 0.3) is 0 Å². The highest BCUT2D eigenvalue weighted by molar-refractivity contribution is 7.99. The Bertz CT molecular complexity index is 706. The van der Waals surface area contributed by atoms with Crippen LogP contribution in [-0.2, 0) is 13.1 Å². The van der Waals surface area contributed by atoms with Crippen molar-refractivity contribution in [2.45, 2.75) is 18.1 Å². The Labute approximate surface area is 138 Å². The Balaban J connectivity index is 1.74. The Hall–Kier alpha value is -2.12. The fourth-order valence-corrected chi connectivity index (χ4v) is 3.44. The highest BCUT2D eigenvalue weighted by atomic mass is 32.2. The Morgan fingerprint density at radius 3 is 2.96 bits per heavy atom. The number of carboxylic acids is 1. The molecule has 1 aliphatic rings. The van der Waals surface area contributed by atoms with Crippen LogP contribution in [-0.4, -0.2) is 45.4 Å². The van der Waals surface area contributed by atoms with E-state index in [0.29, 0.717) is 0 Å². The van der Waals surface area contributed by atoms with Crippen LogP contribution in [0.25, 0.3) is 0 Å². The SMILES string of the molecule is COc1cnc2c(c1)CN(Cc1ccc(C(=O)O)nc1)CCS2. The van der Waals surface area contributed by atoms with Crippen LogP contribution in [0.4, 0.5) is 0 Å². The van der Waals surface area contributed by atoms with Crippen molar-refractivity contribution in [3.8, 4) is 5.75 Å². The standard InChI is InChI=1S/C16H17N3O3S/c1-22-13-6-12-10-19(4-5-23-15(12)18-8-13)9-11-2-3-14(16(20)21)17-7-11/h2-3,6-8H,4-5,9-10H2,1H3,(H,20,21). The zero-order chi connectivity index (χ0) is 16.2. The van der Waals surface area contributed by atoms with Crippen molar-refractivity contribution in [1.82, 2.24) is 14.9 Å².